The van der Waals surface area contributed by atoms with Crippen LogP contribution in [0.15, 0.2) is 4.47 Å². The van der Waals surface area contributed by atoms with Gasteiger partial charge in [-0.2, -0.15) is 5.10 Å². The summed E-state index contributed by atoms with van der Waals surface area (Å²) in [6.45, 7) is 4.04. The van der Waals surface area contributed by atoms with E-state index in [0.717, 1.165) is 10.2 Å². The second kappa shape index (κ2) is 4.13. The summed E-state index contributed by atoms with van der Waals surface area (Å²) in [4.78, 5) is 11.4. The fourth-order valence-corrected chi connectivity index (χ4v) is 2.16. The van der Waals surface area contributed by atoms with Crippen LogP contribution in [0.3, 0.4) is 0 Å². The van der Waals surface area contributed by atoms with E-state index in [4.69, 9.17) is 0 Å². The van der Waals surface area contributed by atoms with Crippen molar-refractivity contribution in [3.63, 3.8) is 0 Å². The minimum Gasteiger partial charge on any atom is -0.464 e. The molecule has 0 aromatic carbocycles. The van der Waals surface area contributed by atoms with Gasteiger partial charge >= 0.3 is 5.97 Å². The molecule has 0 saturated heterocycles. The molecule has 0 aliphatic carbocycles. The van der Waals surface area contributed by atoms with Gasteiger partial charge in [0.2, 0.25) is 0 Å². The van der Waals surface area contributed by atoms with E-state index in [9.17, 15) is 4.79 Å². The molecule has 0 unspecified atom stereocenters. The summed E-state index contributed by atoms with van der Waals surface area (Å²) >= 11 is 3.36. The molecule has 78 valence electrons. The number of carbonyl (C=O) groups is 1. The summed E-state index contributed by atoms with van der Waals surface area (Å²) < 4.78 is 6.92. The van der Waals surface area contributed by atoms with Gasteiger partial charge in [-0.15, -0.1) is 0 Å². The topological polar surface area (TPSA) is 44.1 Å². The summed E-state index contributed by atoms with van der Waals surface area (Å²) in [5.41, 5.74) is 1.32. The molecular formula is C9H13BrN2O2. The van der Waals surface area contributed by atoms with Gasteiger partial charge in [0.05, 0.1) is 17.3 Å². The molecule has 1 rings (SSSR count). The van der Waals surface area contributed by atoms with E-state index in [2.05, 4.69) is 25.8 Å². The third kappa shape index (κ3) is 1.82. The van der Waals surface area contributed by atoms with Crippen molar-refractivity contribution in [3.8, 4) is 0 Å². The first-order valence-electron chi connectivity index (χ1n) is 4.29. The Hall–Kier alpha value is -0.840. The number of hydrogen-bond acceptors (Lipinski definition) is 3. The van der Waals surface area contributed by atoms with E-state index in [1.165, 1.54) is 11.8 Å². The lowest BCUT2D eigenvalue weighted by Gasteiger charge is -2.00. The third-order valence-corrected chi connectivity index (χ3v) is 2.72. The first-order valence-corrected chi connectivity index (χ1v) is 5.09. The molecule has 0 saturated carbocycles. The molecule has 0 N–H and O–H groups in total. The van der Waals surface area contributed by atoms with E-state index in [1.54, 1.807) is 7.05 Å². The van der Waals surface area contributed by atoms with Gasteiger partial charge in [-0.1, -0.05) is 13.8 Å². The number of aromatic nitrogens is 2. The Morgan fingerprint density at radius 1 is 1.57 bits per heavy atom. The van der Waals surface area contributed by atoms with Crippen molar-refractivity contribution in [1.29, 1.82) is 0 Å². The highest BCUT2D eigenvalue weighted by Crippen LogP contribution is 2.27. The van der Waals surface area contributed by atoms with E-state index in [-0.39, 0.29) is 11.9 Å². The Balaban J connectivity index is 3.24. The van der Waals surface area contributed by atoms with Crippen LogP contribution in [0.25, 0.3) is 0 Å². The lowest BCUT2D eigenvalue weighted by atomic mass is 10.1. The average Bonchev–Trinajstić information content (AvgIpc) is 2.41. The van der Waals surface area contributed by atoms with Crippen LogP contribution in [0, 0.1) is 0 Å². The molecule has 0 bridgehead atoms. The lowest BCUT2D eigenvalue weighted by Crippen LogP contribution is -2.08. The monoisotopic (exact) mass is 260 g/mol. The zero-order valence-electron chi connectivity index (χ0n) is 8.67. The number of ether oxygens (including phenoxy) is 1. The highest BCUT2D eigenvalue weighted by Gasteiger charge is 2.21. The van der Waals surface area contributed by atoms with Gasteiger partial charge < -0.3 is 4.74 Å². The zero-order valence-corrected chi connectivity index (χ0v) is 10.3. The Kier molecular flexibility index (Phi) is 3.31. The Bertz CT molecular complexity index is 358. The van der Waals surface area contributed by atoms with Crippen molar-refractivity contribution in [3.05, 3.63) is 15.9 Å². The van der Waals surface area contributed by atoms with E-state index >= 15 is 0 Å². The number of carbonyl (C=O) groups excluding carboxylic acids is 1. The van der Waals surface area contributed by atoms with Crippen molar-refractivity contribution in [2.24, 2.45) is 7.05 Å². The molecule has 0 amide bonds. The van der Waals surface area contributed by atoms with Crippen LogP contribution in [0.1, 0.15) is 35.9 Å². The molecule has 4 nitrogen and oxygen atoms in total. The van der Waals surface area contributed by atoms with Crippen LogP contribution in [0.2, 0.25) is 0 Å². The molecule has 14 heavy (non-hydrogen) atoms. The standard InChI is InChI=1S/C9H13BrN2O2/c1-5(2)7-6(10)8(9(13)14-4)12(3)11-7/h5H,1-4H3. The fraction of sp³-hybridized carbons (Fsp3) is 0.556. The first kappa shape index (κ1) is 11.2. The molecule has 5 heteroatoms. The maximum atomic E-state index is 11.4. The number of nitrogens with zero attached hydrogens (tertiary/aromatic N) is 2. The van der Waals surface area contributed by atoms with Crippen molar-refractivity contribution in [2.45, 2.75) is 19.8 Å². The number of rotatable bonds is 2. The Morgan fingerprint density at radius 3 is 2.50 bits per heavy atom. The predicted molar refractivity (Wildman–Crippen MR) is 56.3 cm³/mol. The molecule has 1 aromatic heterocycles. The van der Waals surface area contributed by atoms with E-state index in [1.807, 2.05) is 13.8 Å². The highest BCUT2D eigenvalue weighted by molar-refractivity contribution is 9.10. The van der Waals surface area contributed by atoms with Gasteiger partial charge in [-0.3, -0.25) is 4.68 Å². The van der Waals surface area contributed by atoms with E-state index in [0.29, 0.717) is 5.69 Å². The normalized spacial score (nSPS) is 10.7. The molecule has 0 radical (unpaired) electrons. The summed E-state index contributed by atoms with van der Waals surface area (Å²) in [6, 6.07) is 0. The van der Waals surface area contributed by atoms with Crippen LogP contribution < -0.4 is 0 Å². The van der Waals surface area contributed by atoms with Crippen molar-refractivity contribution in [1.82, 2.24) is 9.78 Å². The maximum absolute atomic E-state index is 11.4. The van der Waals surface area contributed by atoms with Crippen LogP contribution >= 0.6 is 15.9 Å². The number of esters is 1. The number of methoxy groups -OCH3 is 1. The molecule has 0 atom stereocenters. The van der Waals surface area contributed by atoms with Crippen molar-refractivity contribution >= 4 is 21.9 Å². The first-order chi connectivity index (χ1) is 6.49. The molecule has 0 fully saturated rings. The molecule has 1 aromatic rings. The molecule has 0 aliphatic rings. The van der Waals surface area contributed by atoms with Crippen molar-refractivity contribution in [2.75, 3.05) is 7.11 Å². The van der Waals surface area contributed by atoms with Gasteiger partial charge in [0.15, 0.2) is 5.69 Å². The quantitative estimate of drug-likeness (QED) is 0.766. The Labute approximate surface area is 91.4 Å². The largest absolute Gasteiger partial charge is 0.464 e. The minimum atomic E-state index is -0.376. The molecular weight excluding hydrogens is 248 g/mol. The van der Waals surface area contributed by atoms with Crippen LogP contribution in [0.5, 0.6) is 0 Å². The highest BCUT2D eigenvalue weighted by atomic mass is 79.9. The minimum absolute atomic E-state index is 0.272. The van der Waals surface area contributed by atoms with Gasteiger partial charge in [0.1, 0.15) is 0 Å². The lowest BCUT2D eigenvalue weighted by molar-refractivity contribution is 0.0587. The van der Waals surface area contributed by atoms with Crippen LogP contribution in [0.4, 0.5) is 0 Å². The molecule has 0 spiro atoms. The predicted octanol–water partition coefficient (Wildman–Crippen LogP) is 2.09. The molecule has 0 aliphatic heterocycles. The maximum Gasteiger partial charge on any atom is 0.357 e. The summed E-state index contributed by atoms with van der Waals surface area (Å²) in [5.74, 6) is -0.104. The number of halogens is 1. The molecule has 1 heterocycles. The average molecular weight is 261 g/mol. The number of hydrogen-bond donors (Lipinski definition) is 0. The van der Waals surface area contributed by atoms with Gasteiger partial charge in [0, 0.05) is 7.05 Å². The zero-order chi connectivity index (χ0) is 10.9. The number of aryl methyl sites for hydroxylation is 1. The Morgan fingerprint density at radius 2 is 2.14 bits per heavy atom. The smallest absolute Gasteiger partial charge is 0.357 e. The van der Waals surface area contributed by atoms with Crippen molar-refractivity contribution < 1.29 is 9.53 Å². The van der Waals surface area contributed by atoms with Crippen LogP contribution in [-0.4, -0.2) is 22.9 Å². The summed E-state index contributed by atoms with van der Waals surface area (Å²) in [5, 5.41) is 4.25. The summed E-state index contributed by atoms with van der Waals surface area (Å²) in [7, 11) is 3.08. The van der Waals surface area contributed by atoms with Crippen LogP contribution in [-0.2, 0) is 11.8 Å². The SMILES string of the molecule is COC(=O)c1c(Br)c(C(C)C)nn1C. The van der Waals surface area contributed by atoms with Gasteiger partial charge in [-0.05, 0) is 21.8 Å². The van der Waals surface area contributed by atoms with Gasteiger partial charge in [0.25, 0.3) is 0 Å². The second-order valence-electron chi connectivity index (χ2n) is 3.32. The summed E-state index contributed by atoms with van der Waals surface area (Å²) in [6.07, 6.45) is 0. The fourth-order valence-electron chi connectivity index (χ4n) is 1.21. The van der Waals surface area contributed by atoms with Gasteiger partial charge in [-0.25, -0.2) is 4.79 Å². The van der Waals surface area contributed by atoms with E-state index < -0.39 is 0 Å². The second-order valence-corrected chi connectivity index (χ2v) is 4.11. The third-order valence-electron chi connectivity index (χ3n) is 1.94.